The molecule has 2 heterocycles. The molecule has 1 aromatic carbocycles. The molecule has 1 aliphatic rings. The SMILES string of the molecule is O=C(Cc1ccc2c(c1)NC(=O)CS2)NCc1ccncc1. The quantitative estimate of drug-likeness (QED) is 0.905. The maximum Gasteiger partial charge on any atom is 0.234 e. The number of aromatic nitrogens is 1. The van der Waals surface area contributed by atoms with Crippen molar-refractivity contribution in [1.29, 1.82) is 0 Å². The number of hydrogen-bond acceptors (Lipinski definition) is 4. The van der Waals surface area contributed by atoms with E-state index in [2.05, 4.69) is 15.6 Å². The van der Waals surface area contributed by atoms with Gasteiger partial charge >= 0.3 is 0 Å². The first kappa shape index (κ1) is 14.6. The van der Waals surface area contributed by atoms with Gasteiger partial charge in [0.15, 0.2) is 0 Å². The van der Waals surface area contributed by atoms with Crippen LogP contribution in [-0.2, 0) is 22.6 Å². The number of carbonyl (C=O) groups is 2. The van der Waals surface area contributed by atoms with Gasteiger partial charge in [-0.25, -0.2) is 0 Å². The molecule has 2 amide bonds. The van der Waals surface area contributed by atoms with E-state index in [0.29, 0.717) is 18.7 Å². The lowest BCUT2D eigenvalue weighted by Crippen LogP contribution is -2.25. The van der Waals surface area contributed by atoms with Crippen molar-refractivity contribution in [2.24, 2.45) is 0 Å². The molecular formula is C16H15N3O2S. The van der Waals surface area contributed by atoms with Crippen LogP contribution in [0.25, 0.3) is 0 Å². The van der Waals surface area contributed by atoms with E-state index in [1.807, 2.05) is 30.3 Å². The van der Waals surface area contributed by atoms with E-state index in [-0.39, 0.29) is 11.8 Å². The average Bonchev–Trinajstić information content (AvgIpc) is 2.53. The summed E-state index contributed by atoms with van der Waals surface area (Å²) in [4.78, 5) is 28.4. The van der Waals surface area contributed by atoms with Gasteiger partial charge in [-0.05, 0) is 35.4 Å². The fraction of sp³-hybridized carbons (Fsp3) is 0.188. The number of amides is 2. The molecule has 5 nitrogen and oxygen atoms in total. The van der Waals surface area contributed by atoms with E-state index in [1.54, 1.807) is 12.4 Å². The first-order valence-electron chi connectivity index (χ1n) is 6.92. The van der Waals surface area contributed by atoms with Crippen molar-refractivity contribution >= 4 is 29.3 Å². The van der Waals surface area contributed by atoms with Crippen LogP contribution < -0.4 is 10.6 Å². The van der Waals surface area contributed by atoms with Crippen molar-refractivity contribution in [2.45, 2.75) is 17.9 Å². The van der Waals surface area contributed by atoms with Gasteiger partial charge in [-0.2, -0.15) is 0 Å². The van der Waals surface area contributed by atoms with Gasteiger partial charge in [0.2, 0.25) is 11.8 Å². The Kier molecular flexibility index (Phi) is 4.39. The van der Waals surface area contributed by atoms with E-state index in [4.69, 9.17) is 0 Å². The van der Waals surface area contributed by atoms with Gasteiger partial charge in [-0.15, -0.1) is 11.8 Å². The van der Waals surface area contributed by atoms with E-state index in [0.717, 1.165) is 21.7 Å². The number of hydrogen-bond donors (Lipinski definition) is 2. The van der Waals surface area contributed by atoms with Gasteiger partial charge < -0.3 is 10.6 Å². The lowest BCUT2D eigenvalue weighted by molar-refractivity contribution is -0.120. The Morgan fingerprint density at radius 1 is 1.23 bits per heavy atom. The molecule has 2 N–H and O–H groups in total. The predicted octanol–water partition coefficient (Wildman–Crippen LogP) is 1.98. The smallest absolute Gasteiger partial charge is 0.234 e. The maximum atomic E-state index is 12.0. The lowest BCUT2D eigenvalue weighted by Gasteiger charge is -2.17. The van der Waals surface area contributed by atoms with Gasteiger partial charge in [0.1, 0.15) is 0 Å². The number of rotatable bonds is 4. The number of nitrogens with zero attached hydrogens (tertiary/aromatic N) is 1. The van der Waals surface area contributed by atoms with Crippen molar-refractivity contribution in [3.63, 3.8) is 0 Å². The molecule has 0 saturated carbocycles. The Morgan fingerprint density at radius 3 is 2.86 bits per heavy atom. The Hall–Kier alpha value is -2.34. The van der Waals surface area contributed by atoms with Gasteiger partial charge in [0.25, 0.3) is 0 Å². The van der Waals surface area contributed by atoms with Crippen LogP contribution in [0.4, 0.5) is 5.69 Å². The fourth-order valence-corrected chi connectivity index (χ4v) is 2.98. The van der Waals surface area contributed by atoms with Gasteiger partial charge in [-0.3, -0.25) is 14.6 Å². The van der Waals surface area contributed by atoms with Crippen LogP contribution in [0.5, 0.6) is 0 Å². The largest absolute Gasteiger partial charge is 0.352 e. The average molecular weight is 313 g/mol. The van der Waals surface area contributed by atoms with Gasteiger partial charge in [0, 0.05) is 23.8 Å². The molecule has 0 spiro atoms. The number of fused-ring (bicyclic) bond motifs is 1. The zero-order valence-electron chi connectivity index (χ0n) is 11.8. The highest BCUT2D eigenvalue weighted by Crippen LogP contribution is 2.31. The van der Waals surface area contributed by atoms with Crippen LogP contribution >= 0.6 is 11.8 Å². The summed E-state index contributed by atoms with van der Waals surface area (Å²) in [7, 11) is 0. The van der Waals surface area contributed by atoms with Crippen LogP contribution in [0, 0.1) is 0 Å². The summed E-state index contributed by atoms with van der Waals surface area (Å²) >= 11 is 1.51. The molecule has 3 rings (SSSR count). The summed E-state index contributed by atoms with van der Waals surface area (Å²) in [5.41, 5.74) is 2.69. The molecule has 2 aromatic rings. The Balaban J connectivity index is 1.60. The van der Waals surface area contributed by atoms with Crippen molar-refractivity contribution in [3.8, 4) is 0 Å². The molecule has 0 unspecified atom stereocenters. The second-order valence-electron chi connectivity index (χ2n) is 4.98. The predicted molar refractivity (Wildman–Crippen MR) is 85.6 cm³/mol. The van der Waals surface area contributed by atoms with Crippen molar-refractivity contribution < 1.29 is 9.59 Å². The number of nitrogens with one attached hydrogen (secondary N) is 2. The minimum atomic E-state index is -0.0495. The minimum absolute atomic E-state index is 0.00297. The number of carbonyl (C=O) groups excluding carboxylic acids is 2. The molecule has 0 atom stereocenters. The zero-order chi connectivity index (χ0) is 15.4. The topological polar surface area (TPSA) is 71.1 Å². The normalized spacial score (nSPS) is 13.2. The molecule has 0 bridgehead atoms. The molecule has 0 fully saturated rings. The lowest BCUT2D eigenvalue weighted by atomic mass is 10.1. The highest BCUT2D eigenvalue weighted by molar-refractivity contribution is 8.00. The molecule has 6 heteroatoms. The molecular weight excluding hydrogens is 298 g/mol. The second-order valence-corrected chi connectivity index (χ2v) is 5.99. The highest BCUT2D eigenvalue weighted by Gasteiger charge is 2.16. The van der Waals surface area contributed by atoms with E-state index in [1.165, 1.54) is 11.8 Å². The number of pyridine rings is 1. The van der Waals surface area contributed by atoms with Crippen LogP contribution in [0.1, 0.15) is 11.1 Å². The van der Waals surface area contributed by atoms with E-state index >= 15 is 0 Å². The molecule has 1 aromatic heterocycles. The Bertz CT molecular complexity index is 704. The molecule has 0 radical (unpaired) electrons. The number of anilines is 1. The Labute approximate surface area is 132 Å². The minimum Gasteiger partial charge on any atom is -0.352 e. The molecule has 1 aliphatic heterocycles. The number of benzene rings is 1. The molecule has 0 saturated heterocycles. The summed E-state index contributed by atoms with van der Waals surface area (Å²) in [5.74, 6) is 0.391. The first-order valence-corrected chi connectivity index (χ1v) is 7.90. The second kappa shape index (κ2) is 6.62. The van der Waals surface area contributed by atoms with E-state index in [9.17, 15) is 9.59 Å². The van der Waals surface area contributed by atoms with Gasteiger partial charge in [-0.1, -0.05) is 6.07 Å². The van der Waals surface area contributed by atoms with Gasteiger partial charge in [0.05, 0.1) is 17.9 Å². The third-order valence-electron chi connectivity index (χ3n) is 3.28. The van der Waals surface area contributed by atoms with Crippen LogP contribution in [0.3, 0.4) is 0 Å². The van der Waals surface area contributed by atoms with Crippen LogP contribution in [-0.4, -0.2) is 22.6 Å². The maximum absolute atomic E-state index is 12.0. The van der Waals surface area contributed by atoms with Crippen LogP contribution in [0.15, 0.2) is 47.6 Å². The van der Waals surface area contributed by atoms with Crippen molar-refractivity contribution in [2.75, 3.05) is 11.1 Å². The van der Waals surface area contributed by atoms with Crippen LogP contribution in [0.2, 0.25) is 0 Å². The fourth-order valence-electron chi connectivity index (χ4n) is 2.19. The summed E-state index contributed by atoms with van der Waals surface area (Å²) in [5, 5.41) is 5.71. The highest BCUT2D eigenvalue weighted by atomic mass is 32.2. The standard InChI is InChI=1S/C16H15N3O2S/c20-15(18-9-11-3-5-17-6-4-11)8-12-1-2-14-13(7-12)19-16(21)10-22-14/h1-7H,8-10H2,(H,18,20)(H,19,21). The monoisotopic (exact) mass is 313 g/mol. The molecule has 0 aliphatic carbocycles. The zero-order valence-corrected chi connectivity index (χ0v) is 12.7. The summed E-state index contributed by atoms with van der Waals surface area (Å²) < 4.78 is 0. The summed E-state index contributed by atoms with van der Waals surface area (Å²) in [6.45, 7) is 0.485. The molecule has 22 heavy (non-hydrogen) atoms. The third kappa shape index (κ3) is 3.65. The van der Waals surface area contributed by atoms with Crippen molar-refractivity contribution in [3.05, 3.63) is 53.9 Å². The summed E-state index contributed by atoms with van der Waals surface area (Å²) in [6.07, 6.45) is 3.69. The summed E-state index contributed by atoms with van der Waals surface area (Å²) in [6, 6.07) is 9.48. The van der Waals surface area contributed by atoms with Crippen molar-refractivity contribution in [1.82, 2.24) is 10.3 Å². The number of thioether (sulfide) groups is 1. The first-order chi connectivity index (χ1) is 10.7. The van der Waals surface area contributed by atoms with E-state index < -0.39 is 0 Å². The third-order valence-corrected chi connectivity index (χ3v) is 4.35. The molecule has 112 valence electrons. The Morgan fingerprint density at radius 2 is 2.05 bits per heavy atom.